The van der Waals surface area contributed by atoms with Crippen molar-refractivity contribution in [1.82, 2.24) is 4.90 Å². The molecule has 1 heterocycles. The maximum atomic E-state index is 9.60. The van der Waals surface area contributed by atoms with E-state index in [0.29, 0.717) is 6.04 Å². The van der Waals surface area contributed by atoms with E-state index in [1.54, 1.807) is 0 Å². The van der Waals surface area contributed by atoms with E-state index >= 15 is 0 Å². The molecule has 2 rings (SSSR count). The summed E-state index contributed by atoms with van der Waals surface area (Å²) in [6.07, 6.45) is 4.08. The first kappa shape index (κ1) is 8.48. The summed E-state index contributed by atoms with van der Waals surface area (Å²) in [6.45, 7) is 3.18. The molecule has 1 atom stereocenters. The van der Waals surface area contributed by atoms with Crippen molar-refractivity contribution in [3.05, 3.63) is 0 Å². The molecule has 3 N–H and O–H groups in total. The molecule has 0 spiro atoms. The van der Waals surface area contributed by atoms with Gasteiger partial charge in [0.25, 0.3) is 0 Å². The van der Waals surface area contributed by atoms with Gasteiger partial charge in [0.05, 0.1) is 5.60 Å². The molecule has 0 aromatic rings. The Hall–Kier alpha value is -0.120. The third-order valence-corrected chi connectivity index (χ3v) is 3.03. The van der Waals surface area contributed by atoms with E-state index in [9.17, 15) is 5.11 Å². The smallest absolute Gasteiger partial charge is 0.0662 e. The largest absolute Gasteiger partial charge is 0.390 e. The zero-order valence-corrected chi connectivity index (χ0v) is 7.50. The molecular weight excluding hydrogens is 152 g/mol. The van der Waals surface area contributed by atoms with Crippen LogP contribution in [0.5, 0.6) is 0 Å². The Morgan fingerprint density at radius 3 is 2.75 bits per heavy atom. The maximum Gasteiger partial charge on any atom is 0.0662 e. The highest BCUT2D eigenvalue weighted by Gasteiger charge is 2.40. The molecule has 1 aliphatic carbocycles. The van der Waals surface area contributed by atoms with Gasteiger partial charge in [0, 0.05) is 19.1 Å². The topological polar surface area (TPSA) is 49.5 Å². The lowest BCUT2D eigenvalue weighted by atomic mass is 10.2. The van der Waals surface area contributed by atoms with E-state index in [4.69, 9.17) is 5.73 Å². The van der Waals surface area contributed by atoms with E-state index in [0.717, 1.165) is 45.3 Å². The molecule has 3 heteroatoms. The van der Waals surface area contributed by atoms with Gasteiger partial charge in [0.1, 0.15) is 0 Å². The summed E-state index contributed by atoms with van der Waals surface area (Å²) in [5.74, 6) is 0. The molecule has 1 unspecified atom stereocenters. The summed E-state index contributed by atoms with van der Waals surface area (Å²) in [4.78, 5) is 2.36. The highest BCUT2D eigenvalue weighted by Crippen LogP contribution is 2.38. The van der Waals surface area contributed by atoms with Gasteiger partial charge in [-0.3, -0.25) is 0 Å². The van der Waals surface area contributed by atoms with Gasteiger partial charge in [0.15, 0.2) is 0 Å². The number of nitrogens with two attached hydrogens (primary N) is 1. The minimum atomic E-state index is -0.285. The van der Waals surface area contributed by atoms with Crippen LogP contribution in [0.15, 0.2) is 0 Å². The Labute approximate surface area is 73.5 Å². The summed E-state index contributed by atoms with van der Waals surface area (Å²) in [5, 5.41) is 9.60. The minimum absolute atomic E-state index is 0.285. The Balaban J connectivity index is 1.67. The summed E-state index contributed by atoms with van der Waals surface area (Å²) in [5.41, 5.74) is 5.49. The number of hydrogen-bond acceptors (Lipinski definition) is 3. The lowest BCUT2D eigenvalue weighted by molar-refractivity contribution is 0.124. The third kappa shape index (κ3) is 1.97. The molecule has 3 nitrogen and oxygen atoms in total. The molecule has 0 aromatic heterocycles. The van der Waals surface area contributed by atoms with Crippen molar-refractivity contribution >= 4 is 0 Å². The molecule has 0 amide bonds. The first-order valence-corrected chi connectivity index (χ1v) is 4.88. The summed E-state index contributed by atoms with van der Waals surface area (Å²) in [7, 11) is 0. The normalized spacial score (nSPS) is 34.0. The number of rotatable bonds is 3. The maximum absolute atomic E-state index is 9.60. The second-order valence-electron chi connectivity index (χ2n) is 4.32. The predicted molar refractivity (Wildman–Crippen MR) is 47.8 cm³/mol. The van der Waals surface area contributed by atoms with Crippen LogP contribution in [0, 0.1) is 0 Å². The molecule has 2 aliphatic rings. The molecular formula is C9H18N2O. The highest BCUT2D eigenvalue weighted by atomic mass is 16.3. The molecule has 1 saturated heterocycles. The van der Waals surface area contributed by atoms with Crippen molar-refractivity contribution in [2.75, 3.05) is 19.6 Å². The average molecular weight is 170 g/mol. The van der Waals surface area contributed by atoms with Crippen LogP contribution in [0.25, 0.3) is 0 Å². The number of aliphatic hydroxyl groups is 1. The van der Waals surface area contributed by atoms with Gasteiger partial charge in [-0.15, -0.1) is 0 Å². The SMILES string of the molecule is NC1CCN(CCC2(O)CC2)C1. The van der Waals surface area contributed by atoms with Gasteiger partial charge in [-0.2, -0.15) is 0 Å². The van der Waals surface area contributed by atoms with Gasteiger partial charge >= 0.3 is 0 Å². The van der Waals surface area contributed by atoms with Crippen molar-refractivity contribution in [3.63, 3.8) is 0 Å². The molecule has 1 aliphatic heterocycles. The van der Waals surface area contributed by atoms with Gasteiger partial charge < -0.3 is 15.7 Å². The molecule has 1 saturated carbocycles. The van der Waals surface area contributed by atoms with Crippen LogP contribution in [0.4, 0.5) is 0 Å². The molecule has 70 valence electrons. The van der Waals surface area contributed by atoms with Crippen LogP contribution in [0.3, 0.4) is 0 Å². The Morgan fingerprint density at radius 1 is 1.50 bits per heavy atom. The van der Waals surface area contributed by atoms with E-state index < -0.39 is 0 Å². The second-order valence-corrected chi connectivity index (χ2v) is 4.32. The molecule has 12 heavy (non-hydrogen) atoms. The minimum Gasteiger partial charge on any atom is -0.390 e. The number of hydrogen-bond donors (Lipinski definition) is 2. The standard InChI is InChI=1S/C9H18N2O/c10-8-1-5-11(7-8)6-4-9(12)2-3-9/h8,12H,1-7,10H2. The Morgan fingerprint density at radius 2 is 2.25 bits per heavy atom. The van der Waals surface area contributed by atoms with Crippen LogP contribution in [0.2, 0.25) is 0 Å². The van der Waals surface area contributed by atoms with Crippen molar-refractivity contribution in [3.8, 4) is 0 Å². The summed E-state index contributed by atoms with van der Waals surface area (Å²) < 4.78 is 0. The van der Waals surface area contributed by atoms with Crippen molar-refractivity contribution in [1.29, 1.82) is 0 Å². The number of nitrogens with zero attached hydrogens (tertiary/aromatic N) is 1. The van der Waals surface area contributed by atoms with Crippen LogP contribution >= 0.6 is 0 Å². The van der Waals surface area contributed by atoms with Crippen LogP contribution in [-0.4, -0.2) is 41.3 Å². The van der Waals surface area contributed by atoms with Crippen molar-refractivity contribution in [2.24, 2.45) is 5.73 Å². The fourth-order valence-electron chi connectivity index (χ4n) is 1.83. The molecule has 0 radical (unpaired) electrons. The zero-order chi connectivity index (χ0) is 8.60. The fourth-order valence-corrected chi connectivity index (χ4v) is 1.83. The predicted octanol–water partition coefficient (Wildman–Crippen LogP) is -0.0656. The highest BCUT2D eigenvalue weighted by molar-refractivity contribution is 4.94. The lowest BCUT2D eigenvalue weighted by Gasteiger charge is -2.16. The van der Waals surface area contributed by atoms with E-state index in [1.165, 1.54) is 0 Å². The van der Waals surface area contributed by atoms with Gasteiger partial charge in [-0.25, -0.2) is 0 Å². The van der Waals surface area contributed by atoms with Gasteiger partial charge in [-0.05, 0) is 32.2 Å². The van der Waals surface area contributed by atoms with Gasteiger partial charge in [-0.1, -0.05) is 0 Å². The zero-order valence-electron chi connectivity index (χ0n) is 7.50. The van der Waals surface area contributed by atoms with E-state index in [-0.39, 0.29) is 5.60 Å². The molecule has 0 bridgehead atoms. The fraction of sp³-hybridized carbons (Fsp3) is 1.00. The second kappa shape index (κ2) is 2.98. The van der Waals surface area contributed by atoms with Crippen LogP contribution < -0.4 is 5.73 Å². The number of likely N-dealkylation sites (tertiary alicyclic amines) is 1. The summed E-state index contributed by atoms with van der Waals surface area (Å²) in [6, 6.07) is 0.374. The quantitative estimate of drug-likeness (QED) is 0.623. The van der Waals surface area contributed by atoms with E-state index in [2.05, 4.69) is 4.90 Å². The molecule has 0 aromatic carbocycles. The Kier molecular flexibility index (Phi) is 2.10. The first-order valence-electron chi connectivity index (χ1n) is 4.88. The van der Waals surface area contributed by atoms with Crippen LogP contribution in [0.1, 0.15) is 25.7 Å². The third-order valence-electron chi connectivity index (χ3n) is 3.03. The van der Waals surface area contributed by atoms with Crippen molar-refractivity contribution in [2.45, 2.75) is 37.3 Å². The first-order chi connectivity index (χ1) is 5.68. The summed E-state index contributed by atoms with van der Waals surface area (Å²) >= 11 is 0. The monoisotopic (exact) mass is 170 g/mol. The lowest BCUT2D eigenvalue weighted by Crippen LogP contribution is -2.29. The average Bonchev–Trinajstić information content (AvgIpc) is 2.60. The van der Waals surface area contributed by atoms with Crippen molar-refractivity contribution < 1.29 is 5.11 Å². The molecule has 2 fully saturated rings. The van der Waals surface area contributed by atoms with Crippen LogP contribution in [-0.2, 0) is 0 Å². The Bertz CT molecular complexity index is 168. The van der Waals surface area contributed by atoms with E-state index in [1.807, 2.05) is 0 Å². The van der Waals surface area contributed by atoms with Gasteiger partial charge in [0.2, 0.25) is 0 Å².